The van der Waals surface area contributed by atoms with Crippen molar-refractivity contribution >= 4 is 23.3 Å². The van der Waals surface area contributed by atoms with Gasteiger partial charge in [-0.2, -0.15) is 0 Å². The maximum Gasteiger partial charge on any atom is 0.311 e. The molecule has 1 amide bonds. The number of nitrogens with zero attached hydrogens (tertiary/aromatic N) is 1. The first kappa shape index (κ1) is 13.8. The summed E-state index contributed by atoms with van der Waals surface area (Å²) in [5, 5.41) is 22.6. The Labute approximate surface area is 113 Å². The lowest BCUT2D eigenvalue weighted by Crippen LogP contribution is -2.25. The van der Waals surface area contributed by atoms with Gasteiger partial charge in [0.15, 0.2) is 0 Å². The Balaban J connectivity index is 2.21. The van der Waals surface area contributed by atoms with Crippen molar-refractivity contribution in [2.45, 2.75) is 12.8 Å². The van der Waals surface area contributed by atoms with Crippen molar-refractivity contribution in [1.82, 2.24) is 0 Å². The number of nitrogens with two attached hydrogens (primary N) is 1. The van der Waals surface area contributed by atoms with Gasteiger partial charge in [0, 0.05) is 24.4 Å². The van der Waals surface area contributed by atoms with Crippen LogP contribution in [0, 0.1) is 15.5 Å². The second-order valence-electron chi connectivity index (χ2n) is 4.79. The molecule has 0 atom stereocenters. The highest BCUT2D eigenvalue weighted by Gasteiger charge is 2.50. The minimum atomic E-state index is -0.896. The fraction of sp³-hybridized carbons (Fsp3) is 0.333. The van der Waals surface area contributed by atoms with Gasteiger partial charge in [-0.25, -0.2) is 0 Å². The normalized spacial score (nSPS) is 15.4. The highest BCUT2D eigenvalue weighted by atomic mass is 16.6. The fourth-order valence-electron chi connectivity index (χ4n) is 1.89. The summed E-state index contributed by atoms with van der Waals surface area (Å²) in [6.07, 6.45) is 1.13. The second kappa shape index (κ2) is 4.80. The minimum Gasteiger partial charge on any atom is -0.481 e. The maximum absolute atomic E-state index is 11.3. The van der Waals surface area contributed by atoms with Crippen LogP contribution >= 0.6 is 0 Å². The van der Waals surface area contributed by atoms with Gasteiger partial charge < -0.3 is 16.2 Å². The van der Waals surface area contributed by atoms with E-state index in [-0.39, 0.29) is 17.8 Å². The van der Waals surface area contributed by atoms with Crippen LogP contribution in [0.2, 0.25) is 0 Å². The van der Waals surface area contributed by atoms with Gasteiger partial charge in [0.25, 0.3) is 11.6 Å². The van der Waals surface area contributed by atoms with Crippen molar-refractivity contribution in [3.05, 3.63) is 33.9 Å². The zero-order chi connectivity index (χ0) is 14.9. The zero-order valence-electron chi connectivity index (χ0n) is 10.5. The van der Waals surface area contributed by atoms with Crippen molar-refractivity contribution in [2.24, 2.45) is 11.1 Å². The van der Waals surface area contributed by atoms with Crippen LogP contribution in [0.25, 0.3) is 0 Å². The summed E-state index contributed by atoms with van der Waals surface area (Å²) in [6, 6.07) is 3.66. The molecule has 0 radical (unpaired) electrons. The number of nitro groups is 1. The Bertz CT molecular complexity index is 595. The van der Waals surface area contributed by atoms with E-state index in [2.05, 4.69) is 5.32 Å². The summed E-state index contributed by atoms with van der Waals surface area (Å²) < 4.78 is 0. The van der Waals surface area contributed by atoms with Crippen LogP contribution < -0.4 is 11.1 Å². The van der Waals surface area contributed by atoms with Crippen LogP contribution in [0.3, 0.4) is 0 Å². The van der Waals surface area contributed by atoms with Crippen LogP contribution in [0.4, 0.5) is 11.4 Å². The number of hydrogen-bond acceptors (Lipinski definition) is 5. The molecule has 1 aliphatic carbocycles. The van der Waals surface area contributed by atoms with Gasteiger partial charge in [-0.05, 0) is 18.9 Å². The Morgan fingerprint density at radius 3 is 2.55 bits per heavy atom. The van der Waals surface area contributed by atoms with Gasteiger partial charge in [-0.3, -0.25) is 19.7 Å². The van der Waals surface area contributed by atoms with Crippen LogP contribution in [0.1, 0.15) is 23.2 Å². The third-order valence-electron chi connectivity index (χ3n) is 3.40. The SMILES string of the molecule is NC(=O)c1cc([N+](=O)[O-])ccc1NCC1(C(=O)O)CC1. The lowest BCUT2D eigenvalue weighted by Gasteiger charge is -2.14. The molecule has 2 rings (SSSR count). The number of nitro benzene ring substituents is 1. The lowest BCUT2D eigenvalue weighted by atomic mass is 10.1. The van der Waals surface area contributed by atoms with Gasteiger partial charge in [-0.15, -0.1) is 0 Å². The first-order chi connectivity index (χ1) is 9.35. The number of primary amides is 1. The van der Waals surface area contributed by atoms with E-state index in [1.165, 1.54) is 12.1 Å². The third kappa shape index (κ3) is 2.53. The molecule has 1 aliphatic rings. The Hall–Kier alpha value is -2.64. The number of amides is 1. The summed E-state index contributed by atoms with van der Waals surface area (Å²) in [5.41, 5.74) is 4.40. The van der Waals surface area contributed by atoms with E-state index < -0.39 is 22.2 Å². The molecule has 1 aromatic rings. The number of hydrogen-bond donors (Lipinski definition) is 3. The highest BCUT2D eigenvalue weighted by molar-refractivity contribution is 5.99. The monoisotopic (exact) mass is 279 g/mol. The van der Waals surface area contributed by atoms with Gasteiger partial charge in [0.1, 0.15) is 0 Å². The molecule has 20 heavy (non-hydrogen) atoms. The average Bonchev–Trinajstić information content (AvgIpc) is 3.17. The number of benzene rings is 1. The molecule has 0 aliphatic heterocycles. The molecule has 0 unspecified atom stereocenters. The Morgan fingerprint density at radius 1 is 1.45 bits per heavy atom. The number of rotatable bonds is 6. The number of carbonyl (C=O) groups is 2. The van der Waals surface area contributed by atoms with Gasteiger partial charge in [-0.1, -0.05) is 0 Å². The first-order valence-electron chi connectivity index (χ1n) is 5.91. The number of carbonyl (C=O) groups excluding carboxylic acids is 1. The summed E-state index contributed by atoms with van der Waals surface area (Å²) in [5.74, 6) is -1.70. The molecule has 8 nitrogen and oxygen atoms in total. The molecule has 1 fully saturated rings. The molecule has 106 valence electrons. The van der Waals surface area contributed by atoms with E-state index in [1.54, 1.807) is 0 Å². The number of aliphatic carboxylic acids is 1. The number of non-ortho nitro benzene ring substituents is 1. The van der Waals surface area contributed by atoms with E-state index in [9.17, 15) is 19.7 Å². The topological polar surface area (TPSA) is 136 Å². The number of anilines is 1. The standard InChI is InChI=1S/C12H13N3O5/c13-10(16)8-5-7(15(19)20)1-2-9(8)14-6-12(3-4-12)11(17)18/h1-2,5,14H,3-4,6H2,(H2,13,16)(H,17,18). The lowest BCUT2D eigenvalue weighted by molar-refractivity contribution is -0.384. The zero-order valence-corrected chi connectivity index (χ0v) is 10.5. The van der Waals surface area contributed by atoms with Gasteiger partial charge in [0.05, 0.1) is 15.9 Å². The number of carboxylic acids is 1. The van der Waals surface area contributed by atoms with E-state index in [1.807, 2.05) is 0 Å². The number of carboxylic acid groups (broad SMARTS) is 1. The summed E-state index contributed by atoms with van der Waals surface area (Å²) in [4.78, 5) is 32.4. The fourth-order valence-corrected chi connectivity index (χ4v) is 1.89. The quantitative estimate of drug-likeness (QED) is 0.524. The maximum atomic E-state index is 11.3. The molecule has 0 spiro atoms. The van der Waals surface area contributed by atoms with Crippen LogP contribution in [-0.4, -0.2) is 28.5 Å². The molecular formula is C12H13N3O5. The molecule has 0 bridgehead atoms. The van der Waals surface area contributed by atoms with Crippen molar-refractivity contribution in [3.63, 3.8) is 0 Å². The van der Waals surface area contributed by atoms with Crippen molar-refractivity contribution in [1.29, 1.82) is 0 Å². The summed E-state index contributed by atoms with van der Waals surface area (Å²) in [7, 11) is 0. The van der Waals surface area contributed by atoms with E-state index in [0.717, 1.165) is 6.07 Å². The molecule has 0 saturated heterocycles. The van der Waals surface area contributed by atoms with Crippen molar-refractivity contribution in [3.8, 4) is 0 Å². The minimum absolute atomic E-state index is 0.0274. The van der Waals surface area contributed by atoms with Crippen LogP contribution in [0.15, 0.2) is 18.2 Å². The predicted octanol–water partition coefficient (Wildman–Crippen LogP) is 0.970. The van der Waals surface area contributed by atoms with Crippen LogP contribution in [0.5, 0.6) is 0 Å². The average molecular weight is 279 g/mol. The number of nitrogens with one attached hydrogen (secondary N) is 1. The van der Waals surface area contributed by atoms with Crippen LogP contribution in [-0.2, 0) is 4.79 Å². The second-order valence-corrected chi connectivity index (χ2v) is 4.79. The van der Waals surface area contributed by atoms with Gasteiger partial charge in [0.2, 0.25) is 0 Å². The first-order valence-corrected chi connectivity index (χ1v) is 5.91. The third-order valence-corrected chi connectivity index (χ3v) is 3.40. The smallest absolute Gasteiger partial charge is 0.311 e. The highest BCUT2D eigenvalue weighted by Crippen LogP contribution is 2.46. The predicted molar refractivity (Wildman–Crippen MR) is 69.4 cm³/mol. The van der Waals surface area contributed by atoms with E-state index in [0.29, 0.717) is 18.5 Å². The molecular weight excluding hydrogens is 266 g/mol. The van der Waals surface area contributed by atoms with E-state index in [4.69, 9.17) is 10.8 Å². The Morgan fingerprint density at radius 2 is 2.10 bits per heavy atom. The van der Waals surface area contributed by atoms with Crippen molar-refractivity contribution in [2.75, 3.05) is 11.9 Å². The summed E-state index contributed by atoms with van der Waals surface area (Å²) >= 11 is 0. The summed E-state index contributed by atoms with van der Waals surface area (Å²) in [6.45, 7) is 0.153. The molecule has 1 saturated carbocycles. The van der Waals surface area contributed by atoms with Crippen molar-refractivity contribution < 1.29 is 19.6 Å². The van der Waals surface area contributed by atoms with Gasteiger partial charge >= 0.3 is 5.97 Å². The molecule has 0 heterocycles. The molecule has 1 aromatic carbocycles. The molecule has 0 aromatic heterocycles. The Kier molecular flexibility index (Phi) is 3.31. The largest absolute Gasteiger partial charge is 0.481 e. The van der Waals surface area contributed by atoms with E-state index >= 15 is 0 Å². The molecule has 8 heteroatoms. The molecule has 4 N–H and O–H groups in total.